The maximum Gasteiger partial charge on any atom is 0.187 e. The summed E-state index contributed by atoms with van der Waals surface area (Å²) in [5.74, 6) is 3.37. The first kappa shape index (κ1) is 33.4. The van der Waals surface area contributed by atoms with E-state index in [1.165, 1.54) is 0 Å². The molecule has 0 atom stereocenters. The van der Waals surface area contributed by atoms with Gasteiger partial charge >= 0.3 is 0 Å². The lowest BCUT2D eigenvalue weighted by molar-refractivity contribution is 0.669. The van der Waals surface area contributed by atoms with Gasteiger partial charge in [-0.2, -0.15) is 0 Å². The molecule has 0 saturated heterocycles. The molecule has 266 valence electrons. The van der Waals surface area contributed by atoms with E-state index in [-0.39, 0.29) is 0 Å². The van der Waals surface area contributed by atoms with E-state index in [4.69, 9.17) is 40.9 Å². The molecule has 0 aliphatic heterocycles. The predicted molar refractivity (Wildman–Crippen MR) is 225 cm³/mol. The highest BCUT2D eigenvalue weighted by atomic mass is 16.3. The molecule has 0 spiro atoms. The molecule has 0 radical (unpaired) electrons. The SMILES string of the molecule is [C-]#[N+]c1ccc(-c2ccc(-c3nc(-c4ccccc4)nc(-c4cccc5oc6ccc(-c7nc(-c8ccccc8)nc(-c8ccccc8)n7)cc6c45)n3)cc2)cc1. The van der Waals surface area contributed by atoms with Gasteiger partial charge in [0.15, 0.2) is 40.6 Å². The molecule has 57 heavy (non-hydrogen) atoms. The molecule has 0 unspecified atom stereocenters. The van der Waals surface area contributed by atoms with Crippen molar-refractivity contribution in [3.63, 3.8) is 0 Å². The summed E-state index contributed by atoms with van der Waals surface area (Å²) in [5, 5.41) is 1.77. The van der Waals surface area contributed by atoms with Gasteiger partial charge in [0.1, 0.15) is 11.2 Å². The van der Waals surface area contributed by atoms with Crippen LogP contribution in [0.2, 0.25) is 0 Å². The number of fused-ring (bicyclic) bond motifs is 3. The van der Waals surface area contributed by atoms with Crippen LogP contribution in [0.25, 0.3) is 106 Å². The van der Waals surface area contributed by atoms with Crippen LogP contribution in [0, 0.1) is 6.57 Å². The molecule has 0 fully saturated rings. The van der Waals surface area contributed by atoms with Crippen LogP contribution in [-0.2, 0) is 0 Å². The molecule has 0 saturated carbocycles. The summed E-state index contributed by atoms with van der Waals surface area (Å²) in [6, 6.07) is 57.5. The Morgan fingerprint density at radius 1 is 0.351 bits per heavy atom. The smallest absolute Gasteiger partial charge is 0.187 e. The van der Waals surface area contributed by atoms with Gasteiger partial charge in [0.05, 0.1) is 6.57 Å². The molecular weight excluding hydrogens is 703 g/mol. The van der Waals surface area contributed by atoms with E-state index in [1.807, 2.05) is 170 Å². The second-order valence-corrected chi connectivity index (χ2v) is 13.4. The Hall–Kier alpha value is -8.15. The van der Waals surface area contributed by atoms with E-state index in [9.17, 15) is 0 Å². The Kier molecular flexibility index (Phi) is 8.36. The van der Waals surface area contributed by atoms with Crippen LogP contribution >= 0.6 is 0 Å². The molecule has 8 nitrogen and oxygen atoms in total. The molecule has 0 amide bonds. The standard InChI is InChI=1S/C49H29N7O/c1-50-38-27-24-32(25-28-38)31-20-22-36(23-21-31)47-52-46(35-16-9-4-10-17-35)55-49(56-47)39-18-11-19-42-43(39)40-30-37(26-29-41(40)57-42)48-53-44(33-12-5-2-6-13-33)51-45(54-48)34-14-7-3-8-15-34/h2-30H. The molecule has 0 aliphatic rings. The Bertz CT molecular complexity index is 3050. The Balaban J connectivity index is 1.12. The quantitative estimate of drug-likeness (QED) is 0.151. The highest BCUT2D eigenvalue weighted by Crippen LogP contribution is 2.38. The zero-order valence-electron chi connectivity index (χ0n) is 30.3. The van der Waals surface area contributed by atoms with Gasteiger partial charge in [0.2, 0.25) is 0 Å². The summed E-state index contributed by atoms with van der Waals surface area (Å²) < 4.78 is 6.45. The third-order valence-corrected chi connectivity index (χ3v) is 9.83. The first-order valence-electron chi connectivity index (χ1n) is 18.4. The topological polar surface area (TPSA) is 94.8 Å². The molecule has 8 heteroatoms. The lowest BCUT2D eigenvalue weighted by atomic mass is 10.0. The number of rotatable bonds is 7. The van der Waals surface area contributed by atoms with Crippen LogP contribution in [0.1, 0.15) is 0 Å². The van der Waals surface area contributed by atoms with Crippen LogP contribution < -0.4 is 0 Å². The highest BCUT2D eigenvalue weighted by Gasteiger charge is 2.20. The number of furan rings is 1. The first-order valence-corrected chi connectivity index (χ1v) is 18.4. The number of hydrogen-bond acceptors (Lipinski definition) is 7. The largest absolute Gasteiger partial charge is 0.456 e. The van der Waals surface area contributed by atoms with Crippen molar-refractivity contribution in [2.24, 2.45) is 0 Å². The zero-order valence-corrected chi connectivity index (χ0v) is 30.3. The van der Waals surface area contributed by atoms with Gasteiger partial charge in [-0.1, -0.05) is 152 Å². The van der Waals surface area contributed by atoms with Crippen LogP contribution in [-0.4, -0.2) is 29.9 Å². The zero-order chi connectivity index (χ0) is 38.1. The van der Waals surface area contributed by atoms with Crippen LogP contribution in [0.15, 0.2) is 180 Å². The van der Waals surface area contributed by atoms with E-state index in [1.54, 1.807) is 0 Å². The number of aromatic nitrogens is 6. The fourth-order valence-electron chi connectivity index (χ4n) is 6.97. The summed E-state index contributed by atoms with van der Waals surface area (Å²) in [7, 11) is 0. The van der Waals surface area contributed by atoms with E-state index < -0.39 is 0 Å². The van der Waals surface area contributed by atoms with Crippen LogP contribution in [0.4, 0.5) is 5.69 Å². The molecule has 3 heterocycles. The Labute approximate surface area is 327 Å². The molecule has 0 aliphatic carbocycles. The summed E-state index contributed by atoms with van der Waals surface area (Å²) in [4.78, 5) is 33.5. The van der Waals surface area contributed by atoms with Gasteiger partial charge in [0, 0.05) is 44.2 Å². The fourth-order valence-corrected chi connectivity index (χ4v) is 6.97. The second-order valence-electron chi connectivity index (χ2n) is 13.4. The van der Waals surface area contributed by atoms with Crippen LogP contribution in [0.3, 0.4) is 0 Å². The second kappa shape index (κ2) is 14.3. The minimum absolute atomic E-state index is 0.522. The minimum Gasteiger partial charge on any atom is -0.456 e. The minimum atomic E-state index is 0.522. The number of nitrogens with zero attached hydrogens (tertiary/aromatic N) is 7. The summed E-state index contributed by atoms with van der Waals surface area (Å²) in [6.07, 6.45) is 0. The molecular formula is C49H29N7O. The van der Waals surface area contributed by atoms with E-state index in [0.717, 1.165) is 60.9 Å². The van der Waals surface area contributed by atoms with Gasteiger partial charge < -0.3 is 4.42 Å². The average Bonchev–Trinajstić information content (AvgIpc) is 3.68. The average molecular weight is 732 g/mol. The molecule has 0 N–H and O–H groups in total. The van der Waals surface area contributed by atoms with Crippen molar-refractivity contribution in [3.05, 3.63) is 187 Å². The third-order valence-electron chi connectivity index (χ3n) is 9.83. The van der Waals surface area contributed by atoms with Gasteiger partial charge in [-0.25, -0.2) is 34.7 Å². The number of benzene rings is 7. The maximum atomic E-state index is 7.28. The molecule has 10 aromatic rings. The van der Waals surface area contributed by atoms with Gasteiger partial charge in [-0.3, -0.25) is 0 Å². The van der Waals surface area contributed by atoms with E-state index >= 15 is 0 Å². The predicted octanol–water partition coefficient (Wildman–Crippen LogP) is 12.2. The van der Waals surface area contributed by atoms with Gasteiger partial charge in [-0.15, -0.1) is 0 Å². The summed E-state index contributed by atoms with van der Waals surface area (Å²) in [6.45, 7) is 7.28. The van der Waals surface area contributed by atoms with E-state index in [2.05, 4.69) is 10.9 Å². The summed E-state index contributed by atoms with van der Waals surface area (Å²) in [5.41, 5.74) is 9.26. The summed E-state index contributed by atoms with van der Waals surface area (Å²) >= 11 is 0. The third kappa shape index (κ3) is 6.45. The van der Waals surface area contributed by atoms with Crippen molar-refractivity contribution in [2.75, 3.05) is 0 Å². The van der Waals surface area contributed by atoms with Crippen molar-refractivity contribution < 1.29 is 4.42 Å². The van der Waals surface area contributed by atoms with E-state index in [0.29, 0.717) is 46.2 Å². The molecule has 10 rings (SSSR count). The first-order chi connectivity index (χ1) is 28.2. The maximum absolute atomic E-state index is 7.28. The van der Waals surface area contributed by atoms with Crippen molar-refractivity contribution in [3.8, 4) is 79.5 Å². The monoisotopic (exact) mass is 731 g/mol. The highest BCUT2D eigenvalue weighted by molar-refractivity contribution is 6.12. The van der Waals surface area contributed by atoms with Crippen molar-refractivity contribution in [1.82, 2.24) is 29.9 Å². The Morgan fingerprint density at radius 3 is 1.28 bits per heavy atom. The van der Waals surface area contributed by atoms with Crippen molar-refractivity contribution in [1.29, 1.82) is 0 Å². The number of hydrogen-bond donors (Lipinski definition) is 0. The van der Waals surface area contributed by atoms with Crippen molar-refractivity contribution >= 4 is 27.6 Å². The Morgan fingerprint density at radius 2 is 0.772 bits per heavy atom. The van der Waals surface area contributed by atoms with Crippen LogP contribution in [0.5, 0.6) is 0 Å². The fraction of sp³-hybridized carbons (Fsp3) is 0. The van der Waals surface area contributed by atoms with Crippen molar-refractivity contribution in [2.45, 2.75) is 0 Å². The molecule has 7 aromatic carbocycles. The van der Waals surface area contributed by atoms with Gasteiger partial charge in [0.25, 0.3) is 0 Å². The molecule has 0 bridgehead atoms. The normalized spacial score (nSPS) is 11.1. The van der Waals surface area contributed by atoms with Gasteiger partial charge in [-0.05, 0) is 35.4 Å². The lowest BCUT2D eigenvalue weighted by Gasteiger charge is -2.10. The molecule has 3 aromatic heterocycles. The lowest BCUT2D eigenvalue weighted by Crippen LogP contribution is -2.00.